The number of benzene rings is 1. The van der Waals surface area contributed by atoms with Crippen LogP contribution in [0.5, 0.6) is 0 Å². The highest BCUT2D eigenvalue weighted by Crippen LogP contribution is 2.36. The number of anilines is 1. The Morgan fingerprint density at radius 2 is 1.91 bits per heavy atom. The van der Waals surface area contributed by atoms with Gasteiger partial charge in [-0.05, 0) is 45.3 Å². The molecule has 1 fully saturated rings. The van der Waals surface area contributed by atoms with E-state index in [4.69, 9.17) is 14.6 Å². The highest BCUT2D eigenvalue weighted by Gasteiger charge is 2.51. The van der Waals surface area contributed by atoms with Crippen molar-refractivity contribution in [3.05, 3.63) is 24.3 Å². The highest BCUT2D eigenvalue weighted by atomic mass is 16.7. The first kappa shape index (κ1) is 17.3. The van der Waals surface area contributed by atoms with E-state index in [-0.39, 0.29) is 12.5 Å². The van der Waals surface area contributed by atoms with Crippen LogP contribution in [0.15, 0.2) is 24.3 Å². The molecule has 23 heavy (non-hydrogen) atoms. The minimum Gasteiger partial charge on any atom is -0.399 e. The third kappa shape index (κ3) is 4.03. The smallest absolute Gasteiger partial charge is 0.399 e. The van der Waals surface area contributed by atoms with Crippen molar-refractivity contribution in [1.82, 2.24) is 5.32 Å². The fourth-order valence-corrected chi connectivity index (χ4v) is 2.15. The van der Waals surface area contributed by atoms with Gasteiger partial charge in [0, 0.05) is 12.2 Å². The van der Waals surface area contributed by atoms with E-state index in [1.807, 2.05) is 52.0 Å². The van der Waals surface area contributed by atoms with Crippen LogP contribution in [-0.4, -0.2) is 30.9 Å². The Labute approximate surface area is 137 Å². The van der Waals surface area contributed by atoms with Crippen LogP contribution in [0.25, 0.3) is 0 Å². The van der Waals surface area contributed by atoms with Gasteiger partial charge in [0.2, 0.25) is 0 Å². The quantitative estimate of drug-likeness (QED) is 0.658. The van der Waals surface area contributed by atoms with Gasteiger partial charge in [0.05, 0.1) is 23.7 Å². The molecule has 0 unspecified atom stereocenters. The molecule has 2 amide bonds. The number of rotatable bonds is 4. The summed E-state index contributed by atoms with van der Waals surface area (Å²) in [6.07, 6.45) is 0.279. The zero-order valence-corrected chi connectivity index (χ0v) is 14.0. The molecule has 0 bridgehead atoms. The maximum absolute atomic E-state index is 11.7. The summed E-state index contributed by atoms with van der Waals surface area (Å²) in [5, 5.41) is 13.8. The Bertz CT molecular complexity index is 609. The first-order chi connectivity index (χ1) is 10.7. The Morgan fingerprint density at radius 3 is 2.52 bits per heavy atom. The second-order valence-corrected chi connectivity index (χ2v) is 6.50. The van der Waals surface area contributed by atoms with Crippen LogP contribution in [0.3, 0.4) is 0 Å². The summed E-state index contributed by atoms with van der Waals surface area (Å²) in [4.78, 5) is 11.7. The highest BCUT2D eigenvalue weighted by molar-refractivity contribution is 6.62. The molecule has 1 saturated heterocycles. The van der Waals surface area contributed by atoms with Crippen molar-refractivity contribution in [2.45, 2.75) is 45.3 Å². The van der Waals surface area contributed by atoms with Crippen LogP contribution in [0.2, 0.25) is 0 Å². The van der Waals surface area contributed by atoms with Gasteiger partial charge in [-0.3, -0.25) is 0 Å². The molecule has 7 heteroatoms. The van der Waals surface area contributed by atoms with E-state index in [0.717, 1.165) is 5.46 Å². The van der Waals surface area contributed by atoms with Crippen LogP contribution < -0.4 is 16.1 Å². The molecule has 0 radical (unpaired) electrons. The van der Waals surface area contributed by atoms with Crippen molar-refractivity contribution in [2.24, 2.45) is 0 Å². The molecule has 1 aromatic carbocycles. The average Bonchev–Trinajstić information content (AvgIpc) is 2.68. The lowest BCUT2D eigenvalue weighted by Crippen LogP contribution is -2.41. The molecule has 0 aliphatic carbocycles. The van der Waals surface area contributed by atoms with Gasteiger partial charge < -0.3 is 19.9 Å². The molecule has 1 aliphatic heterocycles. The molecule has 122 valence electrons. The van der Waals surface area contributed by atoms with Crippen LogP contribution >= 0.6 is 0 Å². The van der Waals surface area contributed by atoms with E-state index in [1.165, 1.54) is 0 Å². The molecule has 0 aromatic heterocycles. The van der Waals surface area contributed by atoms with Gasteiger partial charge in [0.15, 0.2) is 0 Å². The zero-order valence-electron chi connectivity index (χ0n) is 14.0. The number of hydrogen-bond donors (Lipinski definition) is 2. The summed E-state index contributed by atoms with van der Waals surface area (Å²) < 4.78 is 12.0. The standard InChI is InChI=1S/C16H22BN3O3/c1-15(2)16(3,4)23-17(22-15)12-7-5-8-13(11-12)20-14(21)19-10-6-9-18/h5,7-8,11H,6,10H2,1-4H3,(H2,19,20,21). The molecule has 1 heterocycles. The number of nitrogens with one attached hydrogen (secondary N) is 2. The van der Waals surface area contributed by atoms with E-state index in [1.54, 1.807) is 6.07 Å². The van der Waals surface area contributed by atoms with Gasteiger partial charge in [0.1, 0.15) is 0 Å². The first-order valence-corrected chi connectivity index (χ1v) is 7.62. The number of nitrogens with zero attached hydrogens (tertiary/aromatic N) is 1. The molecule has 0 spiro atoms. The molecule has 0 atom stereocenters. The number of carbonyl (C=O) groups excluding carboxylic acids is 1. The number of urea groups is 1. The van der Waals surface area contributed by atoms with Crippen LogP contribution in [0.1, 0.15) is 34.1 Å². The summed E-state index contributed by atoms with van der Waals surface area (Å²) >= 11 is 0. The van der Waals surface area contributed by atoms with Gasteiger partial charge in [-0.15, -0.1) is 0 Å². The predicted molar refractivity (Wildman–Crippen MR) is 89.4 cm³/mol. The minimum absolute atomic E-state index is 0.279. The van der Waals surface area contributed by atoms with Crippen molar-refractivity contribution >= 4 is 24.3 Å². The zero-order chi connectivity index (χ0) is 17.1. The monoisotopic (exact) mass is 315 g/mol. The SMILES string of the molecule is CC1(C)OB(c2cccc(NC(=O)NCCC#N)c2)OC1(C)C. The number of amides is 2. The minimum atomic E-state index is -0.469. The number of carbonyl (C=O) groups is 1. The van der Waals surface area contributed by atoms with Crippen molar-refractivity contribution in [3.63, 3.8) is 0 Å². The van der Waals surface area contributed by atoms with Crippen molar-refractivity contribution in [2.75, 3.05) is 11.9 Å². The van der Waals surface area contributed by atoms with Gasteiger partial charge in [-0.25, -0.2) is 4.79 Å². The second kappa shape index (κ2) is 6.61. The van der Waals surface area contributed by atoms with Crippen molar-refractivity contribution in [1.29, 1.82) is 5.26 Å². The largest absolute Gasteiger partial charge is 0.494 e. The van der Waals surface area contributed by atoms with E-state index in [0.29, 0.717) is 12.2 Å². The second-order valence-electron chi connectivity index (χ2n) is 6.50. The fraction of sp³-hybridized carbons (Fsp3) is 0.500. The predicted octanol–water partition coefficient (Wildman–Crippen LogP) is 2.02. The maximum Gasteiger partial charge on any atom is 0.494 e. The lowest BCUT2D eigenvalue weighted by molar-refractivity contribution is 0.00578. The van der Waals surface area contributed by atoms with Gasteiger partial charge in [-0.1, -0.05) is 12.1 Å². The lowest BCUT2D eigenvalue weighted by Gasteiger charge is -2.32. The molecular weight excluding hydrogens is 293 g/mol. The molecule has 1 aromatic rings. The van der Waals surface area contributed by atoms with E-state index >= 15 is 0 Å². The van der Waals surface area contributed by atoms with E-state index < -0.39 is 18.3 Å². The van der Waals surface area contributed by atoms with Crippen LogP contribution in [-0.2, 0) is 9.31 Å². The molecular formula is C16H22BN3O3. The van der Waals surface area contributed by atoms with E-state index in [2.05, 4.69) is 10.6 Å². The Morgan fingerprint density at radius 1 is 1.26 bits per heavy atom. The van der Waals surface area contributed by atoms with Gasteiger partial charge in [-0.2, -0.15) is 5.26 Å². The summed E-state index contributed by atoms with van der Waals surface area (Å²) in [7, 11) is -0.469. The van der Waals surface area contributed by atoms with Gasteiger partial charge in [0.25, 0.3) is 0 Å². The summed E-state index contributed by atoms with van der Waals surface area (Å²) in [6, 6.07) is 8.99. The molecule has 2 N–H and O–H groups in total. The third-order valence-corrected chi connectivity index (χ3v) is 4.19. The first-order valence-electron chi connectivity index (χ1n) is 7.62. The number of hydrogen-bond acceptors (Lipinski definition) is 4. The molecule has 1 aliphatic rings. The summed E-state index contributed by atoms with van der Waals surface area (Å²) in [6.45, 7) is 8.31. The van der Waals surface area contributed by atoms with E-state index in [9.17, 15) is 4.79 Å². The van der Waals surface area contributed by atoms with Crippen LogP contribution in [0, 0.1) is 11.3 Å². The normalized spacial score (nSPS) is 18.3. The molecule has 0 saturated carbocycles. The Kier molecular flexibility index (Phi) is 4.98. The van der Waals surface area contributed by atoms with Crippen LogP contribution in [0.4, 0.5) is 10.5 Å². The summed E-state index contributed by atoms with van der Waals surface area (Å²) in [5.74, 6) is 0. The third-order valence-electron chi connectivity index (χ3n) is 4.19. The molecule has 2 rings (SSSR count). The summed E-state index contributed by atoms with van der Waals surface area (Å²) in [5.41, 5.74) is 0.677. The fourth-order valence-electron chi connectivity index (χ4n) is 2.15. The van der Waals surface area contributed by atoms with Crippen molar-refractivity contribution in [3.8, 4) is 6.07 Å². The number of nitriles is 1. The van der Waals surface area contributed by atoms with Crippen molar-refractivity contribution < 1.29 is 14.1 Å². The molecule has 6 nitrogen and oxygen atoms in total. The Balaban J connectivity index is 2.04. The maximum atomic E-state index is 11.7. The topological polar surface area (TPSA) is 83.4 Å². The average molecular weight is 315 g/mol. The lowest BCUT2D eigenvalue weighted by atomic mass is 9.79. The van der Waals surface area contributed by atoms with Gasteiger partial charge >= 0.3 is 13.1 Å². The Hall–Kier alpha value is -2.04.